The summed E-state index contributed by atoms with van der Waals surface area (Å²) >= 11 is 9.02. The van der Waals surface area contributed by atoms with E-state index < -0.39 is 23.2 Å². The van der Waals surface area contributed by atoms with Gasteiger partial charge in [0, 0.05) is 4.47 Å². The maximum atomic E-state index is 12.7. The highest BCUT2D eigenvalue weighted by molar-refractivity contribution is 9.10. The van der Waals surface area contributed by atoms with Crippen LogP contribution in [0.4, 0.5) is 13.2 Å². The first-order valence-corrected chi connectivity index (χ1v) is 7.01. The van der Waals surface area contributed by atoms with Gasteiger partial charge in [-0.15, -0.1) is 11.6 Å². The summed E-state index contributed by atoms with van der Waals surface area (Å²) in [5.74, 6) is -0.611. The summed E-state index contributed by atoms with van der Waals surface area (Å²) in [7, 11) is 0. The van der Waals surface area contributed by atoms with Gasteiger partial charge in [-0.05, 0) is 54.9 Å². The van der Waals surface area contributed by atoms with Crippen LogP contribution < -0.4 is 5.32 Å². The van der Waals surface area contributed by atoms with E-state index in [1.54, 1.807) is 20.8 Å². The smallest absolute Gasteiger partial charge is 0.346 e. The van der Waals surface area contributed by atoms with Crippen LogP contribution in [0.3, 0.4) is 0 Å². The minimum atomic E-state index is -4.50. The van der Waals surface area contributed by atoms with E-state index in [0.717, 1.165) is 12.1 Å². The van der Waals surface area contributed by atoms with Gasteiger partial charge in [0.25, 0.3) is 5.91 Å². The van der Waals surface area contributed by atoms with E-state index in [1.165, 1.54) is 6.07 Å². The number of amides is 1. The van der Waals surface area contributed by atoms with Crippen molar-refractivity contribution >= 4 is 33.4 Å². The second-order valence-corrected chi connectivity index (χ2v) is 6.49. The van der Waals surface area contributed by atoms with Crippen molar-refractivity contribution in [3.63, 3.8) is 0 Å². The molecule has 0 fully saturated rings. The van der Waals surface area contributed by atoms with Gasteiger partial charge in [0.2, 0.25) is 0 Å². The maximum Gasteiger partial charge on any atom is 0.416 e. The van der Waals surface area contributed by atoms with Gasteiger partial charge in [0.15, 0.2) is 0 Å². The SMILES string of the molecule is CC(Cl)C(C)(C)NC(=O)c1cc(C(F)(F)F)ccc1Br. The molecule has 1 atom stereocenters. The van der Waals surface area contributed by atoms with Gasteiger partial charge in [-0.3, -0.25) is 4.79 Å². The zero-order valence-electron chi connectivity index (χ0n) is 11.1. The number of benzene rings is 1. The molecule has 0 spiro atoms. The molecule has 1 unspecified atom stereocenters. The summed E-state index contributed by atoms with van der Waals surface area (Å²) in [6.45, 7) is 5.09. The Morgan fingerprint density at radius 1 is 1.35 bits per heavy atom. The van der Waals surface area contributed by atoms with E-state index in [1.807, 2.05) is 0 Å². The fraction of sp³-hybridized carbons (Fsp3) is 0.462. The molecule has 112 valence electrons. The molecule has 1 N–H and O–H groups in total. The van der Waals surface area contributed by atoms with Crippen LogP contribution in [0.2, 0.25) is 0 Å². The van der Waals surface area contributed by atoms with E-state index in [-0.39, 0.29) is 10.9 Å². The van der Waals surface area contributed by atoms with Crippen LogP contribution in [-0.2, 0) is 6.18 Å². The van der Waals surface area contributed by atoms with Crippen LogP contribution in [0.25, 0.3) is 0 Å². The highest BCUT2D eigenvalue weighted by Gasteiger charge is 2.33. The molecular weight excluding hydrogens is 358 g/mol. The van der Waals surface area contributed by atoms with E-state index in [4.69, 9.17) is 11.6 Å². The molecule has 7 heteroatoms. The van der Waals surface area contributed by atoms with Gasteiger partial charge in [-0.25, -0.2) is 0 Å². The predicted molar refractivity (Wildman–Crippen MR) is 76.0 cm³/mol. The van der Waals surface area contributed by atoms with Crippen molar-refractivity contribution in [3.8, 4) is 0 Å². The Morgan fingerprint density at radius 2 is 1.90 bits per heavy atom. The quantitative estimate of drug-likeness (QED) is 0.772. The Morgan fingerprint density at radius 3 is 2.35 bits per heavy atom. The first kappa shape index (κ1) is 17.3. The Hall–Kier alpha value is -0.750. The predicted octanol–water partition coefficient (Wildman–Crippen LogP) is 4.60. The molecule has 0 aromatic heterocycles. The van der Waals surface area contributed by atoms with Crippen molar-refractivity contribution in [2.75, 3.05) is 0 Å². The maximum absolute atomic E-state index is 12.7. The minimum Gasteiger partial charge on any atom is -0.346 e. The fourth-order valence-electron chi connectivity index (χ4n) is 1.33. The number of hydrogen-bond donors (Lipinski definition) is 1. The van der Waals surface area contributed by atoms with Gasteiger partial charge in [0.05, 0.1) is 22.0 Å². The first-order valence-electron chi connectivity index (χ1n) is 5.78. The van der Waals surface area contributed by atoms with Crippen molar-refractivity contribution in [2.24, 2.45) is 0 Å². The van der Waals surface area contributed by atoms with E-state index in [2.05, 4.69) is 21.2 Å². The highest BCUT2D eigenvalue weighted by atomic mass is 79.9. The van der Waals surface area contributed by atoms with Crippen LogP contribution in [0.1, 0.15) is 36.7 Å². The molecule has 0 aliphatic heterocycles. The lowest BCUT2D eigenvalue weighted by atomic mass is 10.0. The Bertz CT molecular complexity index is 515. The Balaban J connectivity index is 3.11. The van der Waals surface area contributed by atoms with Gasteiger partial charge < -0.3 is 5.32 Å². The zero-order valence-corrected chi connectivity index (χ0v) is 13.4. The van der Waals surface area contributed by atoms with Gasteiger partial charge in [0.1, 0.15) is 0 Å². The third-order valence-corrected chi connectivity index (χ3v) is 4.21. The van der Waals surface area contributed by atoms with Gasteiger partial charge in [-0.2, -0.15) is 13.2 Å². The summed E-state index contributed by atoms with van der Waals surface area (Å²) in [4.78, 5) is 12.1. The van der Waals surface area contributed by atoms with Crippen LogP contribution >= 0.6 is 27.5 Å². The van der Waals surface area contributed by atoms with Gasteiger partial charge >= 0.3 is 6.18 Å². The molecule has 0 bridgehead atoms. The number of carbonyl (C=O) groups excluding carboxylic acids is 1. The Labute approximate surface area is 128 Å². The molecule has 1 aromatic rings. The summed E-state index contributed by atoms with van der Waals surface area (Å²) in [6, 6.07) is 2.93. The number of rotatable bonds is 3. The van der Waals surface area contributed by atoms with Crippen molar-refractivity contribution in [3.05, 3.63) is 33.8 Å². The van der Waals surface area contributed by atoms with Crippen molar-refractivity contribution in [1.29, 1.82) is 0 Å². The molecule has 0 heterocycles. The second-order valence-electron chi connectivity index (χ2n) is 4.98. The van der Waals surface area contributed by atoms with Crippen LogP contribution in [-0.4, -0.2) is 16.8 Å². The lowest BCUT2D eigenvalue weighted by Gasteiger charge is -2.29. The summed E-state index contributed by atoms with van der Waals surface area (Å²) in [5, 5.41) is 2.24. The largest absolute Gasteiger partial charge is 0.416 e. The van der Waals surface area contributed by atoms with Crippen LogP contribution in [0.5, 0.6) is 0 Å². The van der Waals surface area contributed by atoms with Crippen molar-refractivity contribution < 1.29 is 18.0 Å². The first-order chi connectivity index (χ1) is 8.95. The zero-order chi connectivity index (χ0) is 15.7. The third-order valence-electron chi connectivity index (χ3n) is 2.97. The van der Waals surface area contributed by atoms with Crippen molar-refractivity contribution in [2.45, 2.75) is 37.9 Å². The van der Waals surface area contributed by atoms with E-state index >= 15 is 0 Å². The molecule has 1 rings (SSSR count). The fourth-order valence-corrected chi connectivity index (χ4v) is 1.82. The molecule has 0 aliphatic carbocycles. The number of hydrogen-bond acceptors (Lipinski definition) is 1. The molecule has 0 saturated carbocycles. The summed E-state index contributed by atoms with van der Waals surface area (Å²) < 4.78 is 38.3. The molecule has 0 radical (unpaired) electrons. The lowest BCUT2D eigenvalue weighted by Crippen LogP contribution is -2.49. The molecule has 2 nitrogen and oxygen atoms in total. The third kappa shape index (κ3) is 4.12. The second kappa shape index (κ2) is 5.93. The number of halogens is 5. The lowest BCUT2D eigenvalue weighted by molar-refractivity contribution is -0.137. The number of carbonyl (C=O) groups is 1. The molecule has 0 saturated heterocycles. The average molecular weight is 373 g/mol. The van der Waals surface area contributed by atoms with E-state index in [0.29, 0.717) is 4.47 Å². The summed E-state index contributed by atoms with van der Waals surface area (Å²) in [6.07, 6.45) is -4.50. The van der Waals surface area contributed by atoms with Crippen LogP contribution in [0, 0.1) is 0 Å². The topological polar surface area (TPSA) is 29.1 Å². The van der Waals surface area contributed by atoms with Gasteiger partial charge in [-0.1, -0.05) is 0 Å². The molecule has 20 heavy (non-hydrogen) atoms. The number of nitrogens with one attached hydrogen (secondary N) is 1. The average Bonchev–Trinajstić information content (AvgIpc) is 2.26. The minimum absolute atomic E-state index is 0.0785. The molecule has 0 aliphatic rings. The molecule has 1 aromatic carbocycles. The van der Waals surface area contributed by atoms with E-state index in [9.17, 15) is 18.0 Å². The highest BCUT2D eigenvalue weighted by Crippen LogP contribution is 2.32. The number of alkyl halides is 4. The summed E-state index contributed by atoms with van der Waals surface area (Å²) in [5.41, 5.74) is -1.69. The van der Waals surface area contributed by atoms with Crippen molar-refractivity contribution in [1.82, 2.24) is 5.32 Å². The normalized spacial score (nSPS) is 14.0. The Kier molecular flexibility index (Phi) is 5.13. The molecule has 1 amide bonds. The standard InChI is InChI=1S/C13H14BrClF3NO/c1-7(15)12(2,3)19-11(20)9-6-8(13(16,17)18)4-5-10(9)14/h4-7H,1-3H3,(H,19,20). The van der Waals surface area contributed by atoms with Crippen LogP contribution in [0.15, 0.2) is 22.7 Å². The molecular formula is C13H14BrClF3NO. The monoisotopic (exact) mass is 371 g/mol.